The topological polar surface area (TPSA) is 17.1 Å². The van der Waals surface area contributed by atoms with Gasteiger partial charge in [0.25, 0.3) is 0 Å². The number of rotatable bonds is 8. The molecule has 0 aliphatic rings. The van der Waals surface area contributed by atoms with Gasteiger partial charge in [0.05, 0.1) is 0 Å². The first-order chi connectivity index (χ1) is 14.0. The Hall–Kier alpha value is 0.608. The number of benzene rings is 2. The number of carbonyl (C=O) groups excluding carboxylic acids is 1. The van der Waals surface area contributed by atoms with Gasteiger partial charge in [-0.15, -0.1) is 0 Å². The smallest absolute Gasteiger partial charge is 2.00 e. The van der Waals surface area contributed by atoms with Gasteiger partial charge < -0.3 is 14.9 Å². The molecule has 7 heteroatoms. The van der Waals surface area contributed by atoms with Gasteiger partial charge in [0.2, 0.25) is 0 Å². The summed E-state index contributed by atoms with van der Waals surface area (Å²) in [7, 11) is 20.1. The molecule has 0 spiro atoms. The van der Waals surface area contributed by atoms with Gasteiger partial charge in [-0.25, -0.2) is 0 Å². The number of ketones is 1. The van der Waals surface area contributed by atoms with Crippen LogP contribution in [0.1, 0.15) is 82.1 Å². The Bertz CT molecular complexity index is 686. The second-order valence-electron chi connectivity index (χ2n) is 7.67. The maximum atomic E-state index is 11.4. The van der Waals surface area contributed by atoms with Gasteiger partial charge in [0.15, 0.2) is 5.78 Å². The summed E-state index contributed by atoms with van der Waals surface area (Å²) in [5, 5.41) is 0. The van der Waals surface area contributed by atoms with Gasteiger partial charge in [-0.05, 0) is 23.8 Å². The van der Waals surface area contributed by atoms with Gasteiger partial charge in [0, 0.05) is 12.0 Å². The molecule has 0 unspecified atom stereocenters. The SMILES string of the molecule is CCCCC(=O)c1ccccc1.CCCCC(C)(C)c1ccccc1.[CH3-].[CH3-].[Cl][Ti]([Cl])([Cl])[Cl].[Zn+2]. The zero-order valence-corrected chi connectivity index (χ0v) is 28.7. The van der Waals surface area contributed by atoms with E-state index in [0.717, 1.165) is 18.4 Å². The summed E-state index contributed by atoms with van der Waals surface area (Å²) in [6.45, 7) is 9.01. The van der Waals surface area contributed by atoms with Crippen molar-refractivity contribution in [3.63, 3.8) is 0 Å². The molecule has 0 fully saturated rings. The van der Waals surface area contributed by atoms with Crippen LogP contribution in [0.2, 0.25) is 0 Å². The number of hydrogen-bond donors (Lipinski definition) is 0. The second-order valence-corrected chi connectivity index (χ2v) is 23.1. The van der Waals surface area contributed by atoms with Gasteiger partial charge in [0.1, 0.15) is 0 Å². The van der Waals surface area contributed by atoms with Crippen LogP contribution >= 0.6 is 37.2 Å². The fourth-order valence-corrected chi connectivity index (χ4v) is 2.76. The summed E-state index contributed by atoms with van der Waals surface area (Å²) >= 11 is -3.11. The number of carbonyl (C=O) groups is 1. The molecule has 0 aliphatic heterocycles. The third-order valence-electron chi connectivity index (χ3n) is 4.56. The van der Waals surface area contributed by atoms with E-state index >= 15 is 0 Å². The van der Waals surface area contributed by atoms with Crippen LogP contribution < -0.4 is 0 Å². The van der Waals surface area contributed by atoms with Crippen molar-refractivity contribution in [2.24, 2.45) is 0 Å². The molecular weight excluding hydrogens is 583 g/mol. The first-order valence-corrected chi connectivity index (χ1v) is 19.0. The Morgan fingerprint density at radius 2 is 1.18 bits per heavy atom. The molecule has 0 N–H and O–H groups in total. The van der Waals surface area contributed by atoms with Crippen LogP contribution in [0.3, 0.4) is 0 Å². The standard InChI is InChI=1S/C13H20.C11H14O.2CH3.4ClH.Ti.Zn/c1-4-5-11-13(2,3)12-9-7-6-8-10-12;1-2-3-9-11(12)10-7-5-4-6-8-10;;;;;;;;/h6-10H,4-5,11H2,1-3H3;4-8H,2-3,9H2,1H3;2*1H3;4*1H;;/q;;2*-1;;;;;+4;+2/p-4. The summed E-state index contributed by atoms with van der Waals surface area (Å²) in [5.41, 5.74) is 2.64. The molecule has 0 atom stereocenters. The summed E-state index contributed by atoms with van der Waals surface area (Å²) in [6.07, 6.45) is 6.65. The monoisotopic (exact) mass is 620 g/mol. The largest absolute Gasteiger partial charge is 2.00 e. The zero-order chi connectivity index (χ0) is 23.0. The van der Waals surface area contributed by atoms with Gasteiger partial charge >= 0.3 is 69.0 Å². The van der Waals surface area contributed by atoms with Crippen molar-refractivity contribution in [3.05, 3.63) is 86.6 Å². The van der Waals surface area contributed by atoms with Crippen molar-refractivity contribution in [3.8, 4) is 0 Å². The van der Waals surface area contributed by atoms with Crippen LogP contribution in [0.25, 0.3) is 0 Å². The molecule has 0 radical (unpaired) electrons. The summed E-state index contributed by atoms with van der Waals surface area (Å²) < 4.78 is 0. The van der Waals surface area contributed by atoms with E-state index in [1.807, 2.05) is 30.3 Å². The van der Waals surface area contributed by atoms with Crippen molar-refractivity contribution >= 4 is 43.0 Å². The molecule has 184 valence electrons. The Kier molecular flexibility index (Phi) is 28.5. The minimum Gasteiger partial charge on any atom is 2.00 e. The molecule has 2 rings (SSSR count). The molecule has 0 saturated heterocycles. The molecule has 0 bridgehead atoms. The van der Waals surface area contributed by atoms with Crippen LogP contribution in [0.5, 0.6) is 0 Å². The molecule has 0 heterocycles. The molecule has 0 saturated carbocycles. The summed E-state index contributed by atoms with van der Waals surface area (Å²) in [5.74, 6) is 0.262. The molecule has 0 aliphatic carbocycles. The molecule has 0 amide bonds. The molecular formula is C26H40Cl4OTiZn. The first-order valence-electron chi connectivity index (χ1n) is 10.4. The first kappa shape index (κ1) is 40.8. The minimum atomic E-state index is -3.11. The number of Topliss-reactive ketones (excluding diaryl/α,β-unsaturated/α-hetero) is 1. The van der Waals surface area contributed by atoms with E-state index < -0.39 is 12.3 Å². The molecule has 1 nitrogen and oxygen atoms in total. The van der Waals surface area contributed by atoms with E-state index in [9.17, 15) is 4.79 Å². The average Bonchev–Trinajstić information content (AvgIpc) is 2.71. The summed E-state index contributed by atoms with van der Waals surface area (Å²) in [4.78, 5) is 11.4. The van der Waals surface area contributed by atoms with Crippen molar-refractivity contribution < 1.29 is 36.6 Å². The van der Waals surface area contributed by atoms with E-state index in [0.29, 0.717) is 11.8 Å². The van der Waals surface area contributed by atoms with Crippen molar-refractivity contribution in [1.82, 2.24) is 0 Å². The minimum absolute atomic E-state index is 0. The second kappa shape index (κ2) is 23.0. The van der Waals surface area contributed by atoms with Crippen LogP contribution in [0.4, 0.5) is 0 Å². The van der Waals surface area contributed by atoms with E-state index in [4.69, 9.17) is 37.2 Å². The zero-order valence-electron chi connectivity index (χ0n) is 21.1. The predicted octanol–water partition coefficient (Wildman–Crippen LogP) is 10.9. The molecule has 2 aromatic rings. The maximum Gasteiger partial charge on any atom is 2.00 e. The number of unbranched alkanes of at least 4 members (excludes halogenated alkanes) is 2. The molecule has 0 aromatic heterocycles. The molecule has 2 aromatic carbocycles. The van der Waals surface area contributed by atoms with E-state index in [2.05, 4.69) is 58.0 Å². The van der Waals surface area contributed by atoms with Crippen LogP contribution in [0, 0.1) is 14.9 Å². The number of halogens is 4. The van der Waals surface area contributed by atoms with Crippen molar-refractivity contribution in [2.45, 2.75) is 71.6 Å². The quantitative estimate of drug-likeness (QED) is 0.162. The molecule has 33 heavy (non-hydrogen) atoms. The van der Waals surface area contributed by atoms with Gasteiger partial charge in [-0.2, -0.15) is 0 Å². The Balaban J connectivity index is -0.000000198. The van der Waals surface area contributed by atoms with Crippen LogP contribution in [-0.2, 0) is 37.2 Å². The van der Waals surface area contributed by atoms with Crippen molar-refractivity contribution in [1.29, 1.82) is 0 Å². The van der Waals surface area contributed by atoms with E-state index in [1.54, 1.807) is 0 Å². The Morgan fingerprint density at radius 3 is 1.58 bits per heavy atom. The fraction of sp³-hybridized carbons (Fsp3) is 0.423. The van der Waals surface area contributed by atoms with Crippen LogP contribution in [-0.4, -0.2) is 5.78 Å². The van der Waals surface area contributed by atoms with Crippen LogP contribution in [0.15, 0.2) is 60.7 Å². The van der Waals surface area contributed by atoms with E-state index in [1.165, 1.54) is 24.8 Å². The summed E-state index contributed by atoms with van der Waals surface area (Å²) in [6, 6.07) is 20.3. The Labute approximate surface area is 235 Å². The average molecular weight is 624 g/mol. The van der Waals surface area contributed by atoms with Gasteiger partial charge in [-0.1, -0.05) is 108 Å². The fourth-order valence-electron chi connectivity index (χ4n) is 2.76. The van der Waals surface area contributed by atoms with E-state index in [-0.39, 0.29) is 40.1 Å². The third-order valence-corrected chi connectivity index (χ3v) is 4.56. The van der Waals surface area contributed by atoms with Gasteiger partial charge in [-0.3, -0.25) is 4.79 Å². The Morgan fingerprint density at radius 1 is 0.788 bits per heavy atom. The van der Waals surface area contributed by atoms with Crippen molar-refractivity contribution in [2.75, 3.05) is 0 Å². The normalized spacial score (nSPS) is 9.94. The number of hydrogen-bond acceptors (Lipinski definition) is 1. The maximum absolute atomic E-state index is 11.4. The predicted molar refractivity (Wildman–Crippen MR) is 146 cm³/mol. The third kappa shape index (κ3) is 24.1.